The molecule has 4 nitrogen and oxygen atoms in total. The first-order chi connectivity index (χ1) is 10.6. The quantitative estimate of drug-likeness (QED) is 0.570. The number of aromatic hydroxyl groups is 1. The molecule has 0 fully saturated rings. The minimum absolute atomic E-state index is 0.0906. The van der Waals surface area contributed by atoms with Gasteiger partial charge in [-0.2, -0.15) is 0 Å². The highest BCUT2D eigenvalue weighted by Gasteiger charge is 2.17. The summed E-state index contributed by atoms with van der Waals surface area (Å²) in [6.45, 7) is 1.82. The lowest BCUT2D eigenvalue weighted by Crippen LogP contribution is -2.01. The Bertz CT molecular complexity index is 1060. The van der Waals surface area contributed by atoms with Crippen LogP contribution in [-0.2, 0) is 0 Å². The lowest BCUT2D eigenvalue weighted by molar-refractivity contribution is 0.485. The first kappa shape index (κ1) is 12.7. The van der Waals surface area contributed by atoms with E-state index in [9.17, 15) is 9.90 Å². The second-order valence-corrected chi connectivity index (χ2v) is 5.23. The van der Waals surface area contributed by atoms with Gasteiger partial charge in [-0.05, 0) is 12.5 Å². The van der Waals surface area contributed by atoms with E-state index in [1.165, 1.54) is 6.07 Å². The molecule has 2 aromatic heterocycles. The van der Waals surface area contributed by atoms with Crippen LogP contribution >= 0.6 is 0 Å². The van der Waals surface area contributed by atoms with Crippen molar-refractivity contribution in [1.29, 1.82) is 0 Å². The molecule has 0 unspecified atom stereocenters. The molecule has 0 aliphatic heterocycles. The summed E-state index contributed by atoms with van der Waals surface area (Å²) in [6, 6.07) is 12.4. The fourth-order valence-electron chi connectivity index (χ4n) is 2.71. The molecule has 22 heavy (non-hydrogen) atoms. The van der Waals surface area contributed by atoms with Crippen LogP contribution in [0.15, 0.2) is 62.4 Å². The van der Waals surface area contributed by atoms with Gasteiger partial charge >= 0.3 is 0 Å². The maximum absolute atomic E-state index is 12.4. The molecular weight excluding hydrogens is 280 g/mol. The topological polar surface area (TPSA) is 63.6 Å². The zero-order valence-electron chi connectivity index (χ0n) is 11.8. The summed E-state index contributed by atoms with van der Waals surface area (Å²) in [6.07, 6.45) is 1.55. The molecular formula is C18H12O4. The molecule has 2 heterocycles. The summed E-state index contributed by atoms with van der Waals surface area (Å²) >= 11 is 0. The third kappa shape index (κ3) is 1.74. The largest absolute Gasteiger partial charge is 0.506 e. The lowest BCUT2D eigenvalue weighted by Gasteiger charge is -2.05. The fourth-order valence-corrected chi connectivity index (χ4v) is 2.71. The molecule has 1 N–H and O–H groups in total. The second kappa shape index (κ2) is 4.49. The first-order valence-corrected chi connectivity index (χ1v) is 6.88. The van der Waals surface area contributed by atoms with E-state index in [-0.39, 0.29) is 16.6 Å². The van der Waals surface area contributed by atoms with Crippen LogP contribution in [0.3, 0.4) is 0 Å². The molecule has 2 aromatic carbocycles. The predicted molar refractivity (Wildman–Crippen MR) is 84.1 cm³/mol. The molecule has 0 aliphatic rings. The highest BCUT2D eigenvalue weighted by atomic mass is 16.3. The van der Waals surface area contributed by atoms with Gasteiger partial charge in [-0.3, -0.25) is 4.79 Å². The minimum atomic E-state index is -0.278. The van der Waals surface area contributed by atoms with Crippen LogP contribution in [0.25, 0.3) is 33.3 Å². The Labute approximate surface area is 125 Å². The predicted octanol–water partition coefficient (Wildman–Crippen LogP) is 4.22. The van der Waals surface area contributed by atoms with Gasteiger partial charge in [0, 0.05) is 17.7 Å². The Morgan fingerprint density at radius 3 is 2.55 bits per heavy atom. The van der Waals surface area contributed by atoms with Crippen molar-refractivity contribution in [3.63, 3.8) is 0 Å². The van der Waals surface area contributed by atoms with Crippen molar-refractivity contribution in [2.45, 2.75) is 6.92 Å². The highest BCUT2D eigenvalue weighted by Crippen LogP contribution is 2.36. The van der Waals surface area contributed by atoms with E-state index >= 15 is 0 Å². The third-order valence-corrected chi connectivity index (χ3v) is 3.77. The van der Waals surface area contributed by atoms with Crippen LogP contribution < -0.4 is 5.43 Å². The van der Waals surface area contributed by atoms with E-state index in [1.54, 1.807) is 12.3 Å². The SMILES string of the molecule is Cc1coc2cc3oc(-c4ccccc4)cc(=O)c3c(O)c12. The number of rotatable bonds is 1. The van der Waals surface area contributed by atoms with Gasteiger partial charge in [-0.25, -0.2) is 0 Å². The summed E-state index contributed by atoms with van der Waals surface area (Å²) < 4.78 is 11.2. The van der Waals surface area contributed by atoms with Crippen molar-refractivity contribution in [2.24, 2.45) is 0 Å². The minimum Gasteiger partial charge on any atom is -0.506 e. The van der Waals surface area contributed by atoms with Crippen molar-refractivity contribution in [2.75, 3.05) is 0 Å². The summed E-state index contributed by atoms with van der Waals surface area (Å²) in [5, 5.41) is 11.1. The van der Waals surface area contributed by atoms with Crippen LogP contribution in [0.4, 0.5) is 0 Å². The Morgan fingerprint density at radius 1 is 1.00 bits per heavy atom. The van der Waals surface area contributed by atoms with Gasteiger partial charge in [-0.1, -0.05) is 30.3 Å². The molecule has 0 aliphatic carbocycles. The Balaban J connectivity index is 2.11. The molecule has 4 heteroatoms. The van der Waals surface area contributed by atoms with Gasteiger partial charge in [0.2, 0.25) is 0 Å². The fraction of sp³-hybridized carbons (Fsp3) is 0.0556. The number of fused-ring (bicyclic) bond motifs is 2. The summed E-state index contributed by atoms with van der Waals surface area (Å²) in [4.78, 5) is 12.4. The van der Waals surface area contributed by atoms with Crippen molar-refractivity contribution in [3.8, 4) is 17.1 Å². The Kier molecular flexibility index (Phi) is 2.60. The second-order valence-electron chi connectivity index (χ2n) is 5.23. The van der Waals surface area contributed by atoms with Crippen LogP contribution in [0, 0.1) is 6.92 Å². The summed E-state index contributed by atoms with van der Waals surface area (Å²) in [5.74, 6) is 0.368. The van der Waals surface area contributed by atoms with E-state index < -0.39 is 0 Å². The normalized spacial score (nSPS) is 11.3. The lowest BCUT2D eigenvalue weighted by atomic mass is 10.1. The molecule has 0 radical (unpaired) electrons. The standard InChI is InChI=1S/C18H12O4/c1-10-9-21-14-8-15-17(18(20)16(10)14)12(19)7-13(22-15)11-5-3-2-4-6-11/h2-9,20H,1H3. The van der Waals surface area contributed by atoms with Gasteiger partial charge in [0.1, 0.15) is 28.1 Å². The number of aryl methyl sites for hydroxylation is 1. The van der Waals surface area contributed by atoms with Crippen molar-refractivity contribution in [1.82, 2.24) is 0 Å². The van der Waals surface area contributed by atoms with E-state index in [1.807, 2.05) is 37.3 Å². The summed E-state index contributed by atoms with van der Waals surface area (Å²) in [7, 11) is 0. The number of hydrogen-bond donors (Lipinski definition) is 1. The molecule has 4 aromatic rings. The maximum Gasteiger partial charge on any atom is 0.197 e. The van der Waals surface area contributed by atoms with Crippen LogP contribution in [0.5, 0.6) is 5.75 Å². The number of furan rings is 1. The van der Waals surface area contributed by atoms with Crippen molar-refractivity contribution >= 4 is 21.9 Å². The number of phenolic OH excluding ortho intramolecular Hbond substituents is 1. The van der Waals surface area contributed by atoms with Gasteiger partial charge in [-0.15, -0.1) is 0 Å². The Hall–Kier alpha value is -3.01. The van der Waals surface area contributed by atoms with Crippen molar-refractivity contribution < 1.29 is 13.9 Å². The first-order valence-electron chi connectivity index (χ1n) is 6.88. The van der Waals surface area contributed by atoms with E-state index in [0.29, 0.717) is 22.3 Å². The van der Waals surface area contributed by atoms with Gasteiger partial charge in [0.25, 0.3) is 0 Å². The highest BCUT2D eigenvalue weighted by molar-refractivity contribution is 6.02. The smallest absolute Gasteiger partial charge is 0.197 e. The van der Waals surface area contributed by atoms with Crippen LogP contribution in [0.2, 0.25) is 0 Å². The van der Waals surface area contributed by atoms with Crippen molar-refractivity contribution in [3.05, 3.63) is 64.5 Å². The van der Waals surface area contributed by atoms with Gasteiger partial charge < -0.3 is 13.9 Å². The molecule has 0 amide bonds. The van der Waals surface area contributed by atoms with E-state index in [4.69, 9.17) is 8.83 Å². The number of benzene rings is 2. The van der Waals surface area contributed by atoms with Crippen LogP contribution in [0.1, 0.15) is 5.56 Å². The zero-order valence-corrected chi connectivity index (χ0v) is 11.8. The van der Waals surface area contributed by atoms with Gasteiger partial charge in [0.05, 0.1) is 11.6 Å². The average molecular weight is 292 g/mol. The maximum atomic E-state index is 12.4. The molecule has 0 saturated heterocycles. The van der Waals surface area contributed by atoms with E-state index in [2.05, 4.69) is 0 Å². The Morgan fingerprint density at radius 2 is 1.77 bits per heavy atom. The molecule has 108 valence electrons. The molecule has 0 atom stereocenters. The third-order valence-electron chi connectivity index (χ3n) is 3.77. The molecule has 0 bridgehead atoms. The zero-order chi connectivity index (χ0) is 15.3. The molecule has 0 spiro atoms. The van der Waals surface area contributed by atoms with Gasteiger partial charge in [0.15, 0.2) is 5.43 Å². The van der Waals surface area contributed by atoms with Crippen LogP contribution in [-0.4, -0.2) is 5.11 Å². The van der Waals surface area contributed by atoms with E-state index in [0.717, 1.165) is 11.1 Å². The summed E-state index contributed by atoms with van der Waals surface area (Å²) in [5.41, 5.74) is 2.11. The average Bonchev–Trinajstić information content (AvgIpc) is 2.89. The molecule has 4 rings (SSSR count). The number of phenols is 1. The number of hydrogen-bond acceptors (Lipinski definition) is 4. The molecule has 0 saturated carbocycles. The monoisotopic (exact) mass is 292 g/mol.